The Hall–Kier alpha value is -0.480. The number of rotatable bonds is 4. The molecule has 0 bridgehead atoms. The van der Waals surface area contributed by atoms with Crippen molar-refractivity contribution in [2.75, 3.05) is 28.2 Å². The fourth-order valence-corrected chi connectivity index (χ4v) is 1.87. The number of quaternary nitrogens is 1. The summed E-state index contributed by atoms with van der Waals surface area (Å²) in [5.74, 6) is 0. The lowest BCUT2D eigenvalue weighted by atomic mass is 10.2. The van der Waals surface area contributed by atoms with E-state index >= 15 is 0 Å². The lowest BCUT2D eigenvalue weighted by molar-refractivity contribution is -0.910. The second-order valence-corrected chi connectivity index (χ2v) is 5.49. The molecule has 0 amide bonds. The molecule has 18 heavy (non-hydrogen) atoms. The lowest BCUT2D eigenvalue weighted by Gasteiger charge is -2.23. The van der Waals surface area contributed by atoms with Crippen LogP contribution in [-0.4, -0.2) is 44.0 Å². The van der Waals surface area contributed by atoms with Gasteiger partial charge in [0.15, 0.2) is 0 Å². The van der Waals surface area contributed by atoms with Crippen molar-refractivity contribution in [3.8, 4) is 0 Å². The van der Waals surface area contributed by atoms with Gasteiger partial charge < -0.3 is 17.3 Å². The van der Waals surface area contributed by atoms with E-state index in [1.54, 1.807) is 6.34 Å². The van der Waals surface area contributed by atoms with Crippen molar-refractivity contribution in [2.24, 2.45) is 5.10 Å². The van der Waals surface area contributed by atoms with Gasteiger partial charge in [-0.3, -0.25) is 0 Å². The largest absolute Gasteiger partial charge is 1.00 e. The normalized spacial score (nSPS) is 11.4. The Labute approximate surface area is 125 Å². The second kappa shape index (κ2) is 7.19. The molecule has 1 aromatic carbocycles. The zero-order chi connectivity index (χ0) is 13.1. The van der Waals surface area contributed by atoms with Crippen molar-refractivity contribution in [2.45, 2.75) is 6.54 Å². The molecule has 1 rings (SSSR count). The van der Waals surface area contributed by atoms with Crippen LogP contribution in [-0.2, 0) is 6.54 Å². The van der Waals surface area contributed by atoms with Crippen molar-refractivity contribution in [3.05, 3.63) is 33.8 Å². The molecule has 6 heteroatoms. The molecule has 0 saturated heterocycles. The molecule has 0 saturated carbocycles. The standard InChI is InChI=1S/C12H18Cl2N3.ClH/c1-16(2)9-15-17(3,4)8-10-11(13)6-5-7-12(10)14;/h5-7,9H,8H2,1-4H3;1H/q+1;/p-1/b15-9+;. The Balaban J connectivity index is 0.00000289. The van der Waals surface area contributed by atoms with Crippen LogP contribution in [0.15, 0.2) is 23.3 Å². The summed E-state index contributed by atoms with van der Waals surface area (Å²) < 4.78 is 0.446. The molecule has 0 fully saturated rings. The Bertz CT molecular complexity index is 397. The molecule has 0 spiro atoms. The molecule has 0 atom stereocenters. The summed E-state index contributed by atoms with van der Waals surface area (Å²) in [6.07, 6.45) is 1.78. The number of benzene rings is 1. The van der Waals surface area contributed by atoms with Gasteiger partial charge in [-0.25, -0.2) is 0 Å². The summed E-state index contributed by atoms with van der Waals surface area (Å²) in [4.78, 5) is 1.90. The molecule has 0 unspecified atom stereocenters. The van der Waals surface area contributed by atoms with E-state index < -0.39 is 0 Å². The van der Waals surface area contributed by atoms with Gasteiger partial charge >= 0.3 is 0 Å². The third-order valence-electron chi connectivity index (χ3n) is 2.20. The van der Waals surface area contributed by atoms with Gasteiger partial charge in [-0.15, -0.1) is 0 Å². The van der Waals surface area contributed by atoms with Gasteiger partial charge in [-0.2, -0.15) is 4.59 Å². The van der Waals surface area contributed by atoms with E-state index in [4.69, 9.17) is 23.2 Å². The van der Waals surface area contributed by atoms with Gasteiger partial charge in [0.2, 0.25) is 0 Å². The molecule has 1 aromatic rings. The zero-order valence-electron chi connectivity index (χ0n) is 11.0. The first-order chi connectivity index (χ1) is 7.82. The van der Waals surface area contributed by atoms with Gasteiger partial charge in [0.25, 0.3) is 0 Å². The fourth-order valence-electron chi connectivity index (χ4n) is 1.35. The first-order valence-corrected chi connectivity index (χ1v) is 6.05. The van der Waals surface area contributed by atoms with E-state index in [0.29, 0.717) is 21.2 Å². The fraction of sp³-hybridized carbons (Fsp3) is 0.417. The molecule has 0 heterocycles. The molecule has 0 aromatic heterocycles. The maximum Gasteiger partial charge on any atom is 0.146 e. The summed E-state index contributed by atoms with van der Waals surface area (Å²) in [6, 6.07) is 5.54. The summed E-state index contributed by atoms with van der Waals surface area (Å²) >= 11 is 12.3. The van der Waals surface area contributed by atoms with E-state index in [-0.39, 0.29) is 12.4 Å². The minimum atomic E-state index is 0. The third kappa shape index (κ3) is 5.44. The molecular formula is C12H18Cl3N3. The highest BCUT2D eigenvalue weighted by Crippen LogP contribution is 2.26. The van der Waals surface area contributed by atoms with Crippen molar-refractivity contribution < 1.29 is 17.0 Å². The van der Waals surface area contributed by atoms with Gasteiger partial charge in [0.05, 0.1) is 24.1 Å². The minimum absolute atomic E-state index is 0. The van der Waals surface area contributed by atoms with E-state index in [2.05, 4.69) is 5.10 Å². The van der Waals surface area contributed by atoms with Gasteiger partial charge in [-0.1, -0.05) is 34.4 Å². The number of hydrogen-bond acceptors (Lipinski definition) is 1. The number of hydrogen-bond donors (Lipinski definition) is 0. The smallest absolute Gasteiger partial charge is 0.146 e. The van der Waals surface area contributed by atoms with E-state index in [9.17, 15) is 0 Å². The van der Waals surface area contributed by atoms with Gasteiger partial charge in [-0.05, 0) is 12.1 Å². The summed E-state index contributed by atoms with van der Waals surface area (Å²) in [5.41, 5.74) is 0.928. The highest BCUT2D eigenvalue weighted by Gasteiger charge is 2.19. The molecule has 0 aliphatic carbocycles. The van der Waals surface area contributed by atoms with Crippen LogP contribution >= 0.6 is 23.2 Å². The van der Waals surface area contributed by atoms with Crippen LogP contribution in [0.3, 0.4) is 0 Å². The Kier molecular flexibility index (Phi) is 7.00. The molecule has 0 N–H and O–H groups in total. The maximum absolute atomic E-state index is 6.14. The monoisotopic (exact) mass is 309 g/mol. The summed E-state index contributed by atoms with van der Waals surface area (Å²) in [7, 11) is 7.87. The lowest BCUT2D eigenvalue weighted by Crippen LogP contribution is -3.00. The topological polar surface area (TPSA) is 15.6 Å². The molecule has 102 valence electrons. The zero-order valence-corrected chi connectivity index (χ0v) is 13.3. The average Bonchev–Trinajstić information content (AvgIpc) is 2.21. The summed E-state index contributed by atoms with van der Waals surface area (Å²) in [6.45, 7) is 0.656. The van der Waals surface area contributed by atoms with Crippen molar-refractivity contribution in [3.63, 3.8) is 0 Å². The van der Waals surface area contributed by atoms with Crippen LogP contribution in [0.1, 0.15) is 5.56 Å². The predicted octanol–water partition coefficient (Wildman–Crippen LogP) is 0.0787. The molecule has 3 nitrogen and oxygen atoms in total. The van der Waals surface area contributed by atoms with E-state index in [0.717, 1.165) is 5.56 Å². The minimum Gasteiger partial charge on any atom is -1.00 e. The van der Waals surface area contributed by atoms with Crippen LogP contribution < -0.4 is 12.4 Å². The third-order valence-corrected chi connectivity index (χ3v) is 2.91. The SMILES string of the molecule is CN(C)/C=N/[N+](C)(C)Cc1c(Cl)cccc1Cl.[Cl-]. The first kappa shape index (κ1) is 17.5. The molecule has 0 aliphatic heterocycles. The van der Waals surface area contributed by atoms with Crippen LogP contribution in [0.5, 0.6) is 0 Å². The van der Waals surface area contributed by atoms with E-state index in [1.807, 2.05) is 51.3 Å². The van der Waals surface area contributed by atoms with Crippen LogP contribution in [0.2, 0.25) is 10.0 Å². The average molecular weight is 311 g/mol. The molecule has 0 aliphatic rings. The quantitative estimate of drug-likeness (QED) is 0.333. The van der Waals surface area contributed by atoms with Crippen molar-refractivity contribution in [1.29, 1.82) is 0 Å². The Morgan fingerprint density at radius 2 is 1.72 bits per heavy atom. The highest BCUT2D eigenvalue weighted by molar-refractivity contribution is 6.35. The van der Waals surface area contributed by atoms with Crippen molar-refractivity contribution in [1.82, 2.24) is 4.90 Å². The number of halogens is 3. The van der Waals surface area contributed by atoms with Gasteiger partial charge in [0.1, 0.15) is 12.9 Å². The van der Waals surface area contributed by atoms with Crippen LogP contribution in [0.4, 0.5) is 0 Å². The highest BCUT2D eigenvalue weighted by atomic mass is 35.5. The van der Waals surface area contributed by atoms with Crippen LogP contribution in [0, 0.1) is 0 Å². The Morgan fingerprint density at radius 1 is 1.22 bits per heavy atom. The second-order valence-electron chi connectivity index (χ2n) is 4.67. The maximum atomic E-state index is 6.14. The first-order valence-electron chi connectivity index (χ1n) is 5.30. The van der Waals surface area contributed by atoms with Crippen molar-refractivity contribution >= 4 is 29.5 Å². The van der Waals surface area contributed by atoms with Crippen LogP contribution in [0.25, 0.3) is 0 Å². The summed E-state index contributed by atoms with van der Waals surface area (Å²) in [5, 5.41) is 5.82. The Morgan fingerprint density at radius 3 is 2.17 bits per heavy atom. The molecular weight excluding hydrogens is 293 g/mol. The van der Waals surface area contributed by atoms with Gasteiger partial charge in [0, 0.05) is 19.7 Å². The molecule has 0 radical (unpaired) electrons. The number of nitrogens with zero attached hydrogens (tertiary/aromatic N) is 3. The predicted molar refractivity (Wildman–Crippen MR) is 74.5 cm³/mol. The van der Waals surface area contributed by atoms with E-state index in [1.165, 1.54) is 0 Å².